The van der Waals surface area contributed by atoms with E-state index in [4.69, 9.17) is 0 Å². The van der Waals surface area contributed by atoms with Crippen molar-refractivity contribution in [3.63, 3.8) is 0 Å². The predicted octanol–water partition coefficient (Wildman–Crippen LogP) is 4.35. The number of nitrogens with one attached hydrogen (secondary N) is 2. The standard InChI is InChI=1S/C21H20FN3O3S2/c22-17-8-5-15(6-9-17)14-23-21(26)24-18-10-7-16-3-1-11-25(19(16)13-18)30(27,28)20-4-2-12-29-20/h2,4-10,12-13H,1,3,11,14H2,(H2,23,24,26). The fourth-order valence-corrected chi connectivity index (χ4v) is 5.98. The molecule has 1 aliphatic rings. The average molecular weight is 446 g/mol. The van der Waals surface area contributed by atoms with E-state index in [0.717, 1.165) is 24.0 Å². The fourth-order valence-electron chi connectivity index (χ4n) is 3.35. The highest BCUT2D eigenvalue weighted by molar-refractivity contribution is 7.94. The van der Waals surface area contributed by atoms with Crippen LogP contribution in [-0.2, 0) is 23.0 Å². The van der Waals surface area contributed by atoms with Crippen LogP contribution in [0.25, 0.3) is 0 Å². The number of carbonyl (C=O) groups is 1. The molecule has 0 radical (unpaired) electrons. The number of sulfonamides is 1. The Labute approximate surface area is 178 Å². The smallest absolute Gasteiger partial charge is 0.319 e. The van der Waals surface area contributed by atoms with Gasteiger partial charge in [0.25, 0.3) is 10.0 Å². The van der Waals surface area contributed by atoms with Crippen LogP contribution in [0, 0.1) is 5.82 Å². The summed E-state index contributed by atoms with van der Waals surface area (Å²) < 4.78 is 40.8. The van der Waals surface area contributed by atoms with E-state index in [1.165, 1.54) is 27.8 Å². The first-order valence-electron chi connectivity index (χ1n) is 9.42. The Morgan fingerprint density at radius 1 is 1.13 bits per heavy atom. The van der Waals surface area contributed by atoms with Crippen LogP contribution < -0.4 is 14.9 Å². The highest BCUT2D eigenvalue weighted by Crippen LogP contribution is 2.35. The van der Waals surface area contributed by atoms with Gasteiger partial charge >= 0.3 is 6.03 Å². The Kier molecular flexibility index (Phi) is 5.74. The zero-order valence-electron chi connectivity index (χ0n) is 16.0. The van der Waals surface area contributed by atoms with Crippen molar-refractivity contribution >= 4 is 38.8 Å². The second kappa shape index (κ2) is 8.45. The zero-order valence-corrected chi connectivity index (χ0v) is 17.6. The van der Waals surface area contributed by atoms with Crippen LogP contribution >= 0.6 is 11.3 Å². The minimum Gasteiger partial charge on any atom is -0.334 e. The second-order valence-electron chi connectivity index (χ2n) is 6.89. The lowest BCUT2D eigenvalue weighted by Crippen LogP contribution is -2.35. The maximum absolute atomic E-state index is 13.0. The molecular formula is C21H20FN3O3S2. The highest BCUT2D eigenvalue weighted by atomic mass is 32.2. The van der Waals surface area contributed by atoms with Gasteiger partial charge in [0.05, 0.1) is 5.69 Å². The van der Waals surface area contributed by atoms with E-state index in [0.29, 0.717) is 22.1 Å². The van der Waals surface area contributed by atoms with Gasteiger partial charge in [-0.2, -0.15) is 0 Å². The van der Waals surface area contributed by atoms with E-state index < -0.39 is 16.1 Å². The Morgan fingerprint density at radius 2 is 1.93 bits per heavy atom. The summed E-state index contributed by atoms with van der Waals surface area (Å²) in [6.07, 6.45) is 1.52. The number of carbonyl (C=O) groups excluding carboxylic acids is 1. The van der Waals surface area contributed by atoms with E-state index in [-0.39, 0.29) is 12.4 Å². The number of amides is 2. The highest BCUT2D eigenvalue weighted by Gasteiger charge is 2.30. The number of nitrogens with zero attached hydrogens (tertiary/aromatic N) is 1. The van der Waals surface area contributed by atoms with Crippen molar-refractivity contribution in [1.82, 2.24) is 5.32 Å². The molecule has 2 N–H and O–H groups in total. The van der Waals surface area contributed by atoms with E-state index in [9.17, 15) is 17.6 Å². The lowest BCUT2D eigenvalue weighted by molar-refractivity contribution is 0.251. The Balaban J connectivity index is 1.50. The molecule has 6 nitrogen and oxygen atoms in total. The quantitative estimate of drug-likeness (QED) is 0.613. The van der Waals surface area contributed by atoms with Crippen molar-refractivity contribution in [2.75, 3.05) is 16.2 Å². The van der Waals surface area contributed by atoms with Gasteiger partial charge in [0, 0.05) is 18.8 Å². The topological polar surface area (TPSA) is 78.5 Å². The maximum atomic E-state index is 13.0. The molecule has 0 spiro atoms. The lowest BCUT2D eigenvalue weighted by atomic mass is 10.0. The summed E-state index contributed by atoms with van der Waals surface area (Å²) in [6.45, 7) is 0.642. The van der Waals surface area contributed by atoms with Gasteiger partial charge in [-0.15, -0.1) is 11.3 Å². The van der Waals surface area contributed by atoms with Crippen molar-refractivity contribution in [3.05, 3.63) is 76.9 Å². The molecule has 156 valence electrons. The third-order valence-corrected chi connectivity index (χ3v) is 8.01. The molecule has 0 saturated heterocycles. The van der Waals surface area contributed by atoms with Crippen molar-refractivity contribution in [1.29, 1.82) is 0 Å². The number of anilines is 2. The average Bonchev–Trinajstić information content (AvgIpc) is 3.29. The normalized spacial score (nSPS) is 13.6. The third-order valence-electron chi connectivity index (χ3n) is 4.82. The number of hydrogen-bond donors (Lipinski definition) is 2. The molecule has 0 aliphatic carbocycles. The summed E-state index contributed by atoms with van der Waals surface area (Å²) in [5.74, 6) is -0.334. The number of hydrogen-bond acceptors (Lipinski definition) is 4. The number of halogens is 1. The molecule has 1 aromatic heterocycles. The summed E-state index contributed by atoms with van der Waals surface area (Å²) in [5.41, 5.74) is 2.79. The molecule has 0 fully saturated rings. The molecule has 0 atom stereocenters. The molecular weight excluding hydrogens is 425 g/mol. The minimum absolute atomic E-state index is 0.246. The van der Waals surface area contributed by atoms with Gasteiger partial charge in [-0.3, -0.25) is 4.31 Å². The van der Waals surface area contributed by atoms with Crippen LogP contribution in [0.4, 0.5) is 20.6 Å². The molecule has 2 heterocycles. The van der Waals surface area contributed by atoms with Crippen molar-refractivity contribution in [2.45, 2.75) is 23.6 Å². The summed E-state index contributed by atoms with van der Waals surface area (Å²) in [6, 6.07) is 14.1. The molecule has 0 unspecified atom stereocenters. The molecule has 3 aromatic rings. The van der Waals surface area contributed by atoms with Gasteiger partial charge in [-0.05, 0) is 59.7 Å². The second-order valence-corrected chi connectivity index (χ2v) is 9.93. The first-order valence-corrected chi connectivity index (χ1v) is 11.7. The van der Waals surface area contributed by atoms with Crippen LogP contribution in [0.5, 0.6) is 0 Å². The molecule has 30 heavy (non-hydrogen) atoms. The number of urea groups is 1. The van der Waals surface area contributed by atoms with Gasteiger partial charge in [0.1, 0.15) is 10.0 Å². The largest absolute Gasteiger partial charge is 0.334 e. The van der Waals surface area contributed by atoms with Crippen LogP contribution in [0.3, 0.4) is 0 Å². The van der Waals surface area contributed by atoms with Gasteiger partial charge in [-0.1, -0.05) is 24.3 Å². The molecule has 1 aliphatic heterocycles. The zero-order chi connectivity index (χ0) is 21.1. The predicted molar refractivity (Wildman–Crippen MR) is 116 cm³/mol. The number of rotatable bonds is 5. The van der Waals surface area contributed by atoms with Crippen LogP contribution in [0.15, 0.2) is 64.2 Å². The van der Waals surface area contributed by atoms with Crippen molar-refractivity contribution in [3.8, 4) is 0 Å². The molecule has 4 rings (SSSR count). The van der Waals surface area contributed by atoms with E-state index in [1.54, 1.807) is 41.8 Å². The van der Waals surface area contributed by atoms with Crippen LogP contribution in [0.1, 0.15) is 17.5 Å². The summed E-state index contributed by atoms with van der Waals surface area (Å²) in [7, 11) is -3.63. The number of aryl methyl sites for hydroxylation is 1. The van der Waals surface area contributed by atoms with E-state index >= 15 is 0 Å². The number of fused-ring (bicyclic) bond motifs is 1. The molecule has 2 aromatic carbocycles. The van der Waals surface area contributed by atoms with E-state index in [1.807, 2.05) is 6.07 Å². The third kappa shape index (κ3) is 4.31. The first kappa shape index (κ1) is 20.4. The van der Waals surface area contributed by atoms with E-state index in [2.05, 4.69) is 10.6 Å². The summed E-state index contributed by atoms with van der Waals surface area (Å²) in [4.78, 5) is 12.3. The number of thiophene rings is 1. The minimum atomic E-state index is -3.63. The Morgan fingerprint density at radius 3 is 2.67 bits per heavy atom. The molecule has 9 heteroatoms. The van der Waals surface area contributed by atoms with Gasteiger partial charge in [0.2, 0.25) is 0 Å². The van der Waals surface area contributed by atoms with Crippen LogP contribution in [-0.4, -0.2) is 21.0 Å². The number of benzene rings is 2. The van der Waals surface area contributed by atoms with Gasteiger partial charge in [-0.25, -0.2) is 17.6 Å². The van der Waals surface area contributed by atoms with Gasteiger partial charge in [0.15, 0.2) is 0 Å². The van der Waals surface area contributed by atoms with Crippen LogP contribution in [0.2, 0.25) is 0 Å². The molecule has 0 bridgehead atoms. The SMILES string of the molecule is O=C(NCc1ccc(F)cc1)Nc1ccc2c(c1)N(S(=O)(=O)c1cccs1)CCC2. The maximum Gasteiger partial charge on any atom is 0.319 e. The summed E-state index contributed by atoms with van der Waals surface area (Å²) in [5, 5.41) is 7.18. The lowest BCUT2D eigenvalue weighted by Gasteiger charge is -2.30. The molecule has 0 saturated carbocycles. The summed E-state index contributed by atoms with van der Waals surface area (Å²) >= 11 is 1.19. The molecule has 2 amide bonds. The van der Waals surface area contributed by atoms with Gasteiger partial charge < -0.3 is 10.6 Å². The van der Waals surface area contributed by atoms with Crippen molar-refractivity contribution < 1.29 is 17.6 Å². The van der Waals surface area contributed by atoms with Crippen molar-refractivity contribution in [2.24, 2.45) is 0 Å². The monoisotopic (exact) mass is 445 g/mol. The first-order chi connectivity index (χ1) is 14.4. The fraction of sp³-hybridized carbons (Fsp3) is 0.190. The Hall–Kier alpha value is -2.91. The Bertz CT molecular complexity index is 1150.